The predicted molar refractivity (Wildman–Crippen MR) is 95.0 cm³/mol. The van der Waals surface area contributed by atoms with Gasteiger partial charge < -0.3 is 14.6 Å². The second-order valence-electron chi connectivity index (χ2n) is 5.21. The highest BCUT2D eigenvalue weighted by Gasteiger charge is 2.18. The maximum atomic E-state index is 12.2. The van der Waals surface area contributed by atoms with Crippen molar-refractivity contribution in [3.8, 4) is 11.5 Å². The van der Waals surface area contributed by atoms with Crippen molar-refractivity contribution in [3.05, 3.63) is 64.7 Å². The lowest BCUT2D eigenvalue weighted by Gasteiger charge is -2.11. The van der Waals surface area contributed by atoms with Crippen LogP contribution in [0.4, 0.5) is 0 Å². The number of ketones is 1. The maximum absolute atomic E-state index is 12.2. The Labute approximate surface area is 150 Å². The van der Waals surface area contributed by atoms with Crippen molar-refractivity contribution < 1.29 is 24.2 Å². The monoisotopic (exact) mass is 360 g/mol. The molecule has 25 heavy (non-hydrogen) atoms. The largest absolute Gasteiger partial charge is 0.504 e. The molecule has 0 aliphatic rings. The summed E-state index contributed by atoms with van der Waals surface area (Å²) < 4.78 is 10.1. The Morgan fingerprint density at radius 1 is 1.16 bits per heavy atom. The second kappa shape index (κ2) is 8.35. The summed E-state index contributed by atoms with van der Waals surface area (Å²) in [6.45, 7) is 1.51. The number of carbonyl (C=O) groups excluding carboxylic acids is 2. The molecule has 0 aromatic heterocycles. The number of esters is 1. The van der Waals surface area contributed by atoms with Crippen molar-refractivity contribution in [1.29, 1.82) is 0 Å². The molecule has 2 aromatic rings. The first-order chi connectivity index (χ1) is 11.9. The number of methoxy groups -OCH3 is 1. The standard InChI is InChI=1S/C19H17ClO5/c1-12(19(23)14-5-7-15(20)8-6-14)25-18(22)10-4-13-3-9-16(21)17(11-13)24-2/h3-12,21H,1-2H3/b10-4+/t12-/m1/s1. The Bertz CT molecular complexity index is 796. The molecule has 1 atom stereocenters. The molecule has 0 unspecified atom stereocenters. The van der Waals surface area contributed by atoms with Crippen LogP contribution in [0.25, 0.3) is 6.08 Å². The van der Waals surface area contributed by atoms with Gasteiger partial charge in [-0.25, -0.2) is 4.79 Å². The van der Waals surface area contributed by atoms with E-state index in [1.807, 2.05) is 0 Å². The number of phenolic OH excluding ortho intramolecular Hbond substituents is 1. The minimum atomic E-state index is -0.923. The Hall–Kier alpha value is -2.79. The van der Waals surface area contributed by atoms with E-state index < -0.39 is 12.1 Å². The van der Waals surface area contributed by atoms with Crippen molar-refractivity contribution in [2.75, 3.05) is 7.11 Å². The third kappa shape index (κ3) is 5.09. The Kier molecular flexibility index (Phi) is 6.19. The van der Waals surface area contributed by atoms with Gasteiger partial charge in [0.2, 0.25) is 5.78 Å². The normalized spacial score (nSPS) is 12.0. The van der Waals surface area contributed by atoms with Gasteiger partial charge in [-0.2, -0.15) is 0 Å². The highest BCUT2D eigenvalue weighted by atomic mass is 35.5. The smallest absolute Gasteiger partial charge is 0.331 e. The van der Waals surface area contributed by atoms with Gasteiger partial charge in [0.1, 0.15) is 0 Å². The zero-order chi connectivity index (χ0) is 18.4. The molecular weight excluding hydrogens is 344 g/mol. The summed E-state index contributed by atoms with van der Waals surface area (Å²) in [5.74, 6) is -0.669. The molecule has 0 saturated carbocycles. The molecule has 0 radical (unpaired) electrons. The van der Waals surface area contributed by atoms with E-state index in [1.54, 1.807) is 36.4 Å². The van der Waals surface area contributed by atoms with E-state index in [2.05, 4.69) is 0 Å². The molecule has 0 saturated heterocycles. The van der Waals surface area contributed by atoms with Crippen LogP contribution in [-0.4, -0.2) is 30.1 Å². The third-order valence-corrected chi connectivity index (χ3v) is 3.66. The lowest BCUT2D eigenvalue weighted by molar-refractivity contribution is -0.140. The molecule has 0 aliphatic heterocycles. The molecule has 5 nitrogen and oxygen atoms in total. The summed E-state index contributed by atoms with van der Waals surface area (Å²) in [4.78, 5) is 24.1. The van der Waals surface area contributed by atoms with E-state index in [1.165, 1.54) is 32.3 Å². The van der Waals surface area contributed by atoms with E-state index in [9.17, 15) is 14.7 Å². The van der Waals surface area contributed by atoms with E-state index in [0.717, 1.165) is 0 Å². The van der Waals surface area contributed by atoms with Crippen LogP contribution in [0.2, 0.25) is 5.02 Å². The van der Waals surface area contributed by atoms with Crippen molar-refractivity contribution >= 4 is 29.4 Å². The molecule has 0 aliphatic carbocycles. The minimum Gasteiger partial charge on any atom is -0.504 e. The Morgan fingerprint density at radius 2 is 1.84 bits per heavy atom. The van der Waals surface area contributed by atoms with Crippen LogP contribution in [0.15, 0.2) is 48.5 Å². The highest BCUT2D eigenvalue weighted by Crippen LogP contribution is 2.26. The van der Waals surface area contributed by atoms with Crippen LogP contribution in [0.5, 0.6) is 11.5 Å². The molecule has 1 N–H and O–H groups in total. The summed E-state index contributed by atoms with van der Waals surface area (Å²) in [6.07, 6.45) is 1.79. The fourth-order valence-electron chi connectivity index (χ4n) is 2.08. The lowest BCUT2D eigenvalue weighted by atomic mass is 10.1. The number of hydrogen-bond donors (Lipinski definition) is 1. The SMILES string of the molecule is COc1cc(/C=C/C(=O)O[C@H](C)C(=O)c2ccc(Cl)cc2)ccc1O. The molecule has 6 heteroatoms. The van der Waals surface area contributed by atoms with Gasteiger partial charge in [-0.1, -0.05) is 17.7 Å². The summed E-state index contributed by atoms with van der Waals surface area (Å²) >= 11 is 5.78. The molecule has 0 heterocycles. The van der Waals surface area contributed by atoms with Crippen LogP contribution in [0, 0.1) is 0 Å². The van der Waals surface area contributed by atoms with Crippen molar-refractivity contribution in [2.24, 2.45) is 0 Å². The molecule has 0 amide bonds. The van der Waals surface area contributed by atoms with Gasteiger partial charge in [0.25, 0.3) is 0 Å². The van der Waals surface area contributed by atoms with Crippen molar-refractivity contribution in [2.45, 2.75) is 13.0 Å². The van der Waals surface area contributed by atoms with Crippen LogP contribution in [0.1, 0.15) is 22.8 Å². The van der Waals surface area contributed by atoms with Crippen molar-refractivity contribution in [3.63, 3.8) is 0 Å². The highest BCUT2D eigenvalue weighted by molar-refractivity contribution is 6.30. The van der Waals surface area contributed by atoms with Crippen LogP contribution >= 0.6 is 11.6 Å². The van der Waals surface area contributed by atoms with Gasteiger partial charge in [0.15, 0.2) is 17.6 Å². The van der Waals surface area contributed by atoms with Gasteiger partial charge in [-0.05, 0) is 55.0 Å². The first-order valence-electron chi connectivity index (χ1n) is 7.46. The fraction of sp³-hybridized carbons (Fsp3) is 0.158. The molecule has 0 bridgehead atoms. The van der Waals surface area contributed by atoms with Gasteiger partial charge >= 0.3 is 5.97 Å². The number of ether oxygens (including phenoxy) is 2. The van der Waals surface area contributed by atoms with Crippen LogP contribution in [0.3, 0.4) is 0 Å². The average Bonchev–Trinajstić information content (AvgIpc) is 2.61. The zero-order valence-corrected chi connectivity index (χ0v) is 14.5. The summed E-state index contributed by atoms with van der Waals surface area (Å²) in [5, 5.41) is 10.1. The third-order valence-electron chi connectivity index (χ3n) is 3.41. The Balaban J connectivity index is 1.99. The lowest BCUT2D eigenvalue weighted by Crippen LogP contribution is -2.23. The van der Waals surface area contributed by atoms with E-state index in [0.29, 0.717) is 21.9 Å². The molecule has 130 valence electrons. The number of hydrogen-bond acceptors (Lipinski definition) is 5. The molecular formula is C19H17ClO5. The minimum absolute atomic E-state index is 0.00408. The average molecular weight is 361 g/mol. The predicted octanol–water partition coefficient (Wildman–Crippen LogP) is 3.88. The number of halogens is 1. The number of phenols is 1. The zero-order valence-electron chi connectivity index (χ0n) is 13.7. The fourth-order valence-corrected chi connectivity index (χ4v) is 2.20. The van der Waals surface area contributed by atoms with E-state index in [4.69, 9.17) is 21.1 Å². The molecule has 0 spiro atoms. The first kappa shape index (κ1) is 18.5. The van der Waals surface area contributed by atoms with E-state index >= 15 is 0 Å². The van der Waals surface area contributed by atoms with Gasteiger partial charge in [0.05, 0.1) is 7.11 Å². The quantitative estimate of drug-likeness (QED) is 0.480. The molecule has 2 rings (SSSR count). The van der Waals surface area contributed by atoms with Gasteiger partial charge in [-0.15, -0.1) is 0 Å². The number of carbonyl (C=O) groups is 2. The second-order valence-corrected chi connectivity index (χ2v) is 5.65. The number of rotatable bonds is 6. The number of aromatic hydroxyl groups is 1. The number of Topliss-reactive ketones (excluding diaryl/α,β-unsaturated/α-hetero) is 1. The van der Waals surface area contributed by atoms with Gasteiger partial charge in [0, 0.05) is 16.7 Å². The van der Waals surface area contributed by atoms with Crippen molar-refractivity contribution in [1.82, 2.24) is 0 Å². The molecule has 2 aromatic carbocycles. The van der Waals surface area contributed by atoms with Crippen LogP contribution in [-0.2, 0) is 9.53 Å². The van der Waals surface area contributed by atoms with Gasteiger partial charge in [-0.3, -0.25) is 4.79 Å². The summed E-state index contributed by atoms with van der Waals surface area (Å²) in [6, 6.07) is 11.0. The van der Waals surface area contributed by atoms with E-state index in [-0.39, 0.29) is 11.5 Å². The number of benzene rings is 2. The molecule has 0 fully saturated rings. The topological polar surface area (TPSA) is 72.8 Å². The Morgan fingerprint density at radius 3 is 2.48 bits per heavy atom. The maximum Gasteiger partial charge on any atom is 0.331 e. The van der Waals surface area contributed by atoms with Crippen LogP contribution < -0.4 is 4.74 Å². The summed E-state index contributed by atoms with van der Waals surface area (Å²) in [5.41, 5.74) is 1.06. The summed E-state index contributed by atoms with van der Waals surface area (Å²) in [7, 11) is 1.43. The first-order valence-corrected chi connectivity index (χ1v) is 7.84.